The lowest BCUT2D eigenvalue weighted by Crippen LogP contribution is -2.38. The maximum absolute atomic E-state index is 12.1. The Labute approximate surface area is 114 Å². The van der Waals surface area contributed by atoms with Crippen LogP contribution in [0.2, 0.25) is 0 Å². The molecule has 0 radical (unpaired) electrons. The lowest BCUT2D eigenvalue weighted by Gasteiger charge is -2.29. The van der Waals surface area contributed by atoms with Gasteiger partial charge in [-0.3, -0.25) is 4.90 Å². The second-order valence-corrected chi connectivity index (χ2v) is 4.54. The molecule has 1 unspecified atom stereocenters. The summed E-state index contributed by atoms with van der Waals surface area (Å²) in [5, 5.41) is 3.37. The van der Waals surface area contributed by atoms with Gasteiger partial charge >= 0.3 is 6.09 Å². The normalized spacial score (nSPS) is 19.6. The van der Waals surface area contributed by atoms with Gasteiger partial charge in [-0.15, -0.1) is 0 Å². The van der Waals surface area contributed by atoms with Gasteiger partial charge in [0.2, 0.25) is 0 Å². The summed E-state index contributed by atoms with van der Waals surface area (Å²) >= 11 is 0. The largest absolute Gasteiger partial charge is 0.445 e. The second kappa shape index (κ2) is 6.95. The Bertz CT molecular complexity index is 419. The number of carbonyl (C=O) groups excluding carboxylic acids is 1. The minimum atomic E-state index is -0.266. The molecule has 19 heavy (non-hydrogen) atoms. The van der Waals surface area contributed by atoms with Crippen molar-refractivity contribution < 1.29 is 9.53 Å². The zero-order valence-corrected chi connectivity index (χ0v) is 11.0. The first-order valence-corrected chi connectivity index (χ1v) is 6.63. The molecule has 0 spiro atoms. The summed E-state index contributed by atoms with van der Waals surface area (Å²) in [6.07, 6.45) is 2.26. The molecule has 1 aromatic rings. The average molecular weight is 260 g/mol. The molecule has 1 heterocycles. The van der Waals surface area contributed by atoms with Crippen LogP contribution in [0.3, 0.4) is 0 Å². The Kier molecular flexibility index (Phi) is 4.98. The number of carbonyl (C=O) groups is 1. The Hall–Kier alpha value is -1.81. The molecule has 0 aliphatic carbocycles. The van der Waals surface area contributed by atoms with Crippen molar-refractivity contribution in [1.29, 1.82) is 0 Å². The van der Waals surface area contributed by atoms with Gasteiger partial charge in [0.25, 0.3) is 0 Å². The van der Waals surface area contributed by atoms with Gasteiger partial charge in [0.1, 0.15) is 6.61 Å². The van der Waals surface area contributed by atoms with Gasteiger partial charge in [-0.05, 0) is 18.5 Å². The molecule has 1 aromatic carbocycles. The first-order chi connectivity index (χ1) is 9.33. The smallest absolute Gasteiger partial charge is 0.410 e. The summed E-state index contributed by atoms with van der Waals surface area (Å²) in [5.74, 6) is 0. The maximum Gasteiger partial charge on any atom is 0.410 e. The van der Waals surface area contributed by atoms with Crippen LogP contribution >= 0.6 is 0 Å². The van der Waals surface area contributed by atoms with E-state index in [1.165, 1.54) is 0 Å². The predicted octanol–water partition coefficient (Wildman–Crippen LogP) is 2.35. The molecular weight excluding hydrogens is 240 g/mol. The van der Waals surface area contributed by atoms with Crippen LogP contribution in [0.4, 0.5) is 4.79 Å². The van der Waals surface area contributed by atoms with Crippen LogP contribution in [0, 0.1) is 0 Å². The summed E-state index contributed by atoms with van der Waals surface area (Å²) in [4.78, 5) is 13.9. The zero-order chi connectivity index (χ0) is 13.5. The quantitative estimate of drug-likeness (QED) is 0.848. The van der Waals surface area contributed by atoms with Crippen LogP contribution in [0.1, 0.15) is 18.0 Å². The second-order valence-electron chi connectivity index (χ2n) is 4.54. The highest BCUT2D eigenvalue weighted by Gasteiger charge is 2.27. The molecular formula is C15H20N2O2. The third kappa shape index (κ3) is 3.58. The fourth-order valence-corrected chi connectivity index (χ4v) is 2.28. The molecule has 102 valence electrons. The molecule has 4 heteroatoms. The van der Waals surface area contributed by atoms with Crippen molar-refractivity contribution in [2.75, 3.05) is 26.2 Å². The first-order valence-electron chi connectivity index (χ1n) is 6.63. The van der Waals surface area contributed by atoms with Gasteiger partial charge in [-0.1, -0.05) is 43.0 Å². The summed E-state index contributed by atoms with van der Waals surface area (Å²) in [6.45, 7) is 6.21. The van der Waals surface area contributed by atoms with Crippen LogP contribution in [0.25, 0.3) is 0 Å². The van der Waals surface area contributed by atoms with Crippen molar-refractivity contribution in [3.63, 3.8) is 0 Å². The van der Waals surface area contributed by atoms with E-state index < -0.39 is 0 Å². The topological polar surface area (TPSA) is 41.6 Å². The minimum Gasteiger partial charge on any atom is -0.445 e. The number of nitrogens with one attached hydrogen (secondary N) is 1. The highest BCUT2D eigenvalue weighted by Crippen LogP contribution is 2.22. The predicted molar refractivity (Wildman–Crippen MR) is 74.9 cm³/mol. The summed E-state index contributed by atoms with van der Waals surface area (Å²) in [6, 6.07) is 10.1. The van der Waals surface area contributed by atoms with Crippen LogP contribution in [-0.2, 0) is 4.74 Å². The van der Waals surface area contributed by atoms with Crippen LogP contribution in [-0.4, -0.2) is 37.2 Å². The summed E-state index contributed by atoms with van der Waals surface area (Å²) < 4.78 is 5.18. The third-order valence-electron chi connectivity index (χ3n) is 3.21. The van der Waals surface area contributed by atoms with Crippen LogP contribution < -0.4 is 5.32 Å². The van der Waals surface area contributed by atoms with Crippen LogP contribution in [0.5, 0.6) is 0 Å². The number of rotatable bonds is 3. The summed E-state index contributed by atoms with van der Waals surface area (Å²) in [5.41, 5.74) is 1.13. The molecule has 1 saturated heterocycles. The Morgan fingerprint density at radius 1 is 1.47 bits per heavy atom. The van der Waals surface area contributed by atoms with Gasteiger partial charge in [0.15, 0.2) is 0 Å². The van der Waals surface area contributed by atoms with Crippen LogP contribution in [0.15, 0.2) is 43.0 Å². The van der Waals surface area contributed by atoms with E-state index in [0.717, 1.165) is 25.1 Å². The van der Waals surface area contributed by atoms with E-state index in [-0.39, 0.29) is 18.7 Å². The van der Waals surface area contributed by atoms with E-state index in [2.05, 4.69) is 11.9 Å². The number of hydrogen-bond acceptors (Lipinski definition) is 3. The Morgan fingerprint density at radius 2 is 2.26 bits per heavy atom. The number of benzene rings is 1. The van der Waals surface area contributed by atoms with Crippen molar-refractivity contribution in [2.45, 2.75) is 12.5 Å². The number of hydrogen-bond donors (Lipinski definition) is 1. The fourth-order valence-electron chi connectivity index (χ4n) is 2.28. The molecule has 1 amide bonds. The van der Waals surface area contributed by atoms with Gasteiger partial charge < -0.3 is 10.1 Å². The monoisotopic (exact) mass is 260 g/mol. The number of ether oxygens (including phenoxy) is 1. The van der Waals surface area contributed by atoms with E-state index in [9.17, 15) is 4.79 Å². The fraction of sp³-hybridized carbons (Fsp3) is 0.400. The Morgan fingerprint density at radius 3 is 3.00 bits per heavy atom. The minimum absolute atomic E-state index is 0.0287. The molecule has 1 aliphatic heterocycles. The molecule has 1 N–H and O–H groups in total. The maximum atomic E-state index is 12.1. The van der Waals surface area contributed by atoms with E-state index in [0.29, 0.717) is 6.54 Å². The standard InChI is InChI=1S/C15H20N2O2/c1-2-11-19-15(18)17-10-6-9-16-12-14(17)13-7-4-3-5-8-13/h2-5,7-8,14,16H,1,6,9-12H2. The van der Waals surface area contributed by atoms with E-state index in [1.807, 2.05) is 30.3 Å². The molecule has 4 nitrogen and oxygen atoms in total. The van der Waals surface area contributed by atoms with Crippen molar-refractivity contribution in [3.05, 3.63) is 48.6 Å². The lowest BCUT2D eigenvalue weighted by molar-refractivity contribution is 0.0977. The lowest BCUT2D eigenvalue weighted by atomic mass is 10.1. The van der Waals surface area contributed by atoms with Gasteiger partial charge in [-0.2, -0.15) is 0 Å². The number of amides is 1. The zero-order valence-electron chi connectivity index (χ0n) is 11.0. The van der Waals surface area contributed by atoms with Crippen molar-refractivity contribution in [2.24, 2.45) is 0 Å². The van der Waals surface area contributed by atoms with E-state index >= 15 is 0 Å². The van der Waals surface area contributed by atoms with E-state index in [1.54, 1.807) is 11.0 Å². The van der Waals surface area contributed by atoms with Crippen molar-refractivity contribution in [3.8, 4) is 0 Å². The molecule has 0 saturated carbocycles. The molecule has 1 aliphatic rings. The number of nitrogens with zero attached hydrogens (tertiary/aromatic N) is 1. The van der Waals surface area contributed by atoms with E-state index in [4.69, 9.17) is 4.74 Å². The van der Waals surface area contributed by atoms with Crippen molar-refractivity contribution in [1.82, 2.24) is 10.2 Å². The molecule has 0 bridgehead atoms. The first kappa shape index (κ1) is 13.6. The SMILES string of the molecule is C=CCOC(=O)N1CCCNCC1c1ccccc1. The summed E-state index contributed by atoms with van der Waals surface area (Å²) in [7, 11) is 0. The Balaban J connectivity index is 2.15. The molecule has 1 atom stereocenters. The molecule has 1 fully saturated rings. The average Bonchev–Trinajstić information content (AvgIpc) is 2.71. The van der Waals surface area contributed by atoms with Gasteiger partial charge in [-0.25, -0.2) is 4.79 Å². The third-order valence-corrected chi connectivity index (χ3v) is 3.21. The van der Waals surface area contributed by atoms with Crippen molar-refractivity contribution >= 4 is 6.09 Å². The highest BCUT2D eigenvalue weighted by molar-refractivity contribution is 5.68. The molecule has 0 aromatic heterocycles. The highest BCUT2D eigenvalue weighted by atomic mass is 16.6. The van der Waals surface area contributed by atoms with Gasteiger partial charge in [0, 0.05) is 13.1 Å². The molecule has 2 rings (SSSR count). The van der Waals surface area contributed by atoms with Gasteiger partial charge in [0.05, 0.1) is 6.04 Å².